The van der Waals surface area contributed by atoms with Crippen molar-refractivity contribution in [2.45, 2.75) is 12.8 Å². The molecule has 2 aromatic heterocycles. The van der Waals surface area contributed by atoms with Crippen LogP contribution in [0, 0.1) is 5.92 Å². The number of carbonyl (C=O) groups is 2. The Morgan fingerprint density at radius 1 is 1.45 bits per heavy atom. The van der Waals surface area contributed by atoms with Crippen molar-refractivity contribution in [2.75, 3.05) is 13.1 Å². The van der Waals surface area contributed by atoms with Crippen LogP contribution in [0.15, 0.2) is 17.5 Å². The first-order valence-corrected chi connectivity index (χ1v) is 8.81. The summed E-state index contributed by atoms with van der Waals surface area (Å²) < 4.78 is 0.708. The monoisotopic (exact) mass is 356 g/mol. The number of halogens is 1. The van der Waals surface area contributed by atoms with Crippen LogP contribution < -0.4 is 0 Å². The zero-order valence-corrected chi connectivity index (χ0v) is 13.9. The van der Waals surface area contributed by atoms with E-state index in [2.05, 4.69) is 4.98 Å². The fourth-order valence-electron chi connectivity index (χ4n) is 2.39. The van der Waals surface area contributed by atoms with E-state index >= 15 is 0 Å². The van der Waals surface area contributed by atoms with Crippen molar-refractivity contribution >= 4 is 46.2 Å². The number of carboxylic acid groups (broad SMARTS) is 1. The van der Waals surface area contributed by atoms with Gasteiger partial charge in [0.15, 0.2) is 0 Å². The fourth-order valence-corrected chi connectivity index (χ4v) is 4.32. The second kappa shape index (κ2) is 6.36. The van der Waals surface area contributed by atoms with Crippen molar-refractivity contribution in [3.05, 3.63) is 27.5 Å². The van der Waals surface area contributed by atoms with Crippen LogP contribution in [0.25, 0.3) is 9.88 Å². The van der Waals surface area contributed by atoms with Gasteiger partial charge in [0.2, 0.25) is 5.91 Å². The van der Waals surface area contributed by atoms with Crippen LogP contribution in [0.3, 0.4) is 0 Å². The Morgan fingerprint density at radius 2 is 2.27 bits per heavy atom. The standard InChI is InChI=1S/C14H13ClN2O3S2/c15-11-2-1-10(22-11)13-16-9(7-21-13)5-12(18)17-4-3-8(6-17)14(19)20/h1-2,7-8H,3-6H2,(H,19,20)/t8-/m1/s1. The number of hydrogen-bond acceptors (Lipinski definition) is 5. The van der Waals surface area contributed by atoms with Crippen LogP contribution >= 0.6 is 34.3 Å². The molecule has 2 aromatic rings. The van der Waals surface area contributed by atoms with E-state index in [-0.39, 0.29) is 12.3 Å². The van der Waals surface area contributed by atoms with Crippen LogP contribution in [0.5, 0.6) is 0 Å². The Balaban J connectivity index is 1.63. The summed E-state index contributed by atoms with van der Waals surface area (Å²) in [6.45, 7) is 0.805. The van der Waals surface area contributed by atoms with Gasteiger partial charge in [-0.15, -0.1) is 22.7 Å². The smallest absolute Gasteiger partial charge is 0.308 e. The maximum Gasteiger partial charge on any atom is 0.308 e. The molecule has 1 atom stereocenters. The Hall–Kier alpha value is -1.44. The van der Waals surface area contributed by atoms with Gasteiger partial charge in [-0.05, 0) is 18.6 Å². The van der Waals surface area contributed by atoms with E-state index in [1.807, 2.05) is 17.5 Å². The predicted molar refractivity (Wildman–Crippen MR) is 86.5 cm³/mol. The second-order valence-electron chi connectivity index (χ2n) is 5.09. The molecule has 0 unspecified atom stereocenters. The highest BCUT2D eigenvalue weighted by Crippen LogP contribution is 2.33. The van der Waals surface area contributed by atoms with E-state index in [1.54, 1.807) is 4.90 Å². The summed E-state index contributed by atoms with van der Waals surface area (Å²) in [5.41, 5.74) is 0.716. The minimum Gasteiger partial charge on any atom is -0.481 e. The summed E-state index contributed by atoms with van der Waals surface area (Å²) in [6.07, 6.45) is 0.735. The third-order valence-corrected chi connectivity index (χ3v) is 5.85. The van der Waals surface area contributed by atoms with Crippen molar-refractivity contribution in [2.24, 2.45) is 5.92 Å². The molecule has 0 saturated carbocycles. The molecule has 1 fully saturated rings. The SMILES string of the molecule is O=C(O)[C@@H]1CCN(C(=O)Cc2csc(-c3ccc(Cl)s3)n2)C1. The number of rotatable bonds is 4. The third-order valence-electron chi connectivity index (χ3n) is 3.56. The van der Waals surface area contributed by atoms with Crippen molar-refractivity contribution in [3.8, 4) is 9.88 Å². The van der Waals surface area contributed by atoms with Gasteiger partial charge in [0.25, 0.3) is 0 Å². The first-order chi connectivity index (χ1) is 10.5. The Kier molecular flexibility index (Phi) is 4.46. The lowest BCUT2D eigenvalue weighted by Crippen LogP contribution is -2.31. The fraction of sp³-hybridized carbons (Fsp3) is 0.357. The van der Waals surface area contributed by atoms with Crippen molar-refractivity contribution in [3.63, 3.8) is 0 Å². The van der Waals surface area contributed by atoms with Gasteiger partial charge >= 0.3 is 5.97 Å². The number of thiophene rings is 1. The van der Waals surface area contributed by atoms with Gasteiger partial charge in [0.1, 0.15) is 5.01 Å². The number of hydrogen-bond donors (Lipinski definition) is 1. The minimum atomic E-state index is -0.833. The molecule has 0 spiro atoms. The van der Waals surface area contributed by atoms with Crippen LogP contribution in [-0.4, -0.2) is 40.0 Å². The van der Waals surface area contributed by atoms with Gasteiger partial charge in [-0.1, -0.05) is 11.6 Å². The molecular weight excluding hydrogens is 344 g/mol. The number of nitrogens with zero attached hydrogens (tertiary/aromatic N) is 2. The molecule has 0 aromatic carbocycles. The maximum absolute atomic E-state index is 12.2. The summed E-state index contributed by atoms with van der Waals surface area (Å²) in [7, 11) is 0. The molecule has 116 valence electrons. The molecule has 1 N–H and O–H groups in total. The summed E-state index contributed by atoms with van der Waals surface area (Å²) in [6, 6.07) is 3.74. The van der Waals surface area contributed by atoms with E-state index in [0.717, 1.165) is 9.88 Å². The summed E-state index contributed by atoms with van der Waals surface area (Å²) >= 11 is 8.85. The zero-order chi connectivity index (χ0) is 15.7. The highest BCUT2D eigenvalue weighted by atomic mass is 35.5. The lowest BCUT2D eigenvalue weighted by Gasteiger charge is -2.14. The van der Waals surface area contributed by atoms with Crippen LogP contribution in [0.2, 0.25) is 4.34 Å². The molecule has 1 amide bonds. The molecule has 1 aliphatic rings. The first-order valence-electron chi connectivity index (χ1n) is 6.73. The quantitative estimate of drug-likeness (QED) is 0.914. The first kappa shape index (κ1) is 15.5. The largest absolute Gasteiger partial charge is 0.481 e. The predicted octanol–water partition coefficient (Wildman–Crippen LogP) is 3.00. The second-order valence-corrected chi connectivity index (χ2v) is 7.66. The van der Waals surface area contributed by atoms with E-state index in [0.29, 0.717) is 29.5 Å². The molecule has 0 aliphatic carbocycles. The molecule has 3 heterocycles. The third kappa shape index (κ3) is 3.31. The Bertz CT molecular complexity index is 713. The summed E-state index contributed by atoms with van der Waals surface area (Å²) in [4.78, 5) is 30.2. The number of likely N-dealkylation sites (tertiary alicyclic amines) is 1. The Morgan fingerprint density at radius 3 is 2.91 bits per heavy atom. The van der Waals surface area contributed by atoms with Crippen molar-refractivity contribution < 1.29 is 14.7 Å². The lowest BCUT2D eigenvalue weighted by molar-refractivity contribution is -0.141. The lowest BCUT2D eigenvalue weighted by atomic mass is 10.1. The topological polar surface area (TPSA) is 70.5 Å². The van der Waals surface area contributed by atoms with E-state index < -0.39 is 11.9 Å². The average molecular weight is 357 g/mol. The molecule has 1 saturated heterocycles. The molecule has 5 nitrogen and oxygen atoms in total. The van der Waals surface area contributed by atoms with Crippen molar-refractivity contribution in [1.82, 2.24) is 9.88 Å². The van der Waals surface area contributed by atoms with Crippen LogP contribution in [-0.2, 0) is 16.0 Å². The Labute approximate surface area is 140 Å². The molecule has 0 bridgehead atoms. The minimum absolute atomic E-state index is 0.0650. The number of thiazole rings is 1. The number of aromatic nitrogens is 1. The van der Waals surface area contributed by atoms with E-state index in [4.69, 9.17) is 16.7 Å². The number of carbonyl (C=O) groups excluding carboxylic acids is 1. The van der Waals surface area contributed by atoms with Crippen LogP contribution in [0.4, 0.5) is 0 Å². The molecule has 1 aliphatic heterocycles. The molecular formula is C14H13ClN2O3S2. The maximum atomic E-state index is 12.2. The zero-order valence-electron chi connectivity index (χ0n) is 11.5. The number of carboxylic acids is 1. The number of aliphatic carboxylic acids is 1. The van der Waals surface area contributed by atoms with Gasteiger partial charge in [-0.25, -0.2) is 4.98 Å². The van der Waals surface area contributed by atoms with Gasteiger partial charge in [0.05, 0.1) is 27.2 Å². The molecule has 0 radical (unpaired) electrons. The highest BCUT2D eigenvalue weighted by molar-refractivity contribution is 7.23. The van der Waals surface area contributed by atoms with E-state index in [9.17, 15) is 9.59 Å². The van der Waals surface area contributed by atoms with Gasteiger partial charge in [-0.2, -0.15) is 0 Å². The average Bonchev–Trinajstić information content (AvgIpc) is 3.17. The van der Waals surface area contributed by atoms with Gasteiger partial charge < -0.3 is 10.0 Å². The van der Waals surface area contributed by atoms with Crippen molar-refractivity contribution in [1.29, 1.82) is 0 Å². The normalized spacial score (nSPS) is 17.9. The summed E-state index contributed by atoms with van der Waals surface area (Å²) in [5.74, 6) is -1.34. The van der Waals surface area contributed by atoms with Gasteiger partial charge in [0, 0.05) is 18.5 Å². The van der Waals surface area contributed by atoms with Crippen LogP contribution in [0.1, 0.15) is 12.1 Å². The summed E-state index contributed by atoms with van der Waals surface area (Å²) in [5, 5.41) is 11.7. The molecule has 22 heavy (non-hydrogen) atoms. The highest BCUT2D eigenvalue weighted by Gasteiger charge is 2.30. The number of amides is 1. The molecule has 8 heteroatoms. The molecule has 3 rings (SSSR count). The van der Waals surface area contributed by atoms with E-state index in [1.165, 1.54) is 22.7 Å². The van der Waals surface area contributed by atoms with Gasteiger partial charge in [-0.3, -0.25) is 9.59 Å².